The average molecular weight is 570 g/mol. The minimum absolute atomic E-state index is 0.269. The Morgan fingerprint density at radius 1 is 1.35 bits per heavy atom. The summed E-state index contributed by atoms with van der Waals surface area (Å²) in [6.45, 7) is 1.82. The molecule has 0 radical (unpaired) electrons. The van der Waals surface area contributed by atoms with Crippen molar-refractivity contribution in [2.45, 2.75) is 6.92 Å². The number of rotatable bonds is 4. The van der Waals surface area contributed by atoms with Crippen molar-refractivity contribution in [2.24, 2.45) is 0 Å². The van der Waals surface area contributed by atoms with Gasteiger partial charge in [0.2, 0.25) is 0 Å². The van der Waals surface area contributed by atoms with Gasteiger partial charge in [0, 0.05) is 9.14 Å². The van der Waals surface area contributed by atoms with E-state index in [1.54, 1.807) is 13.0 Å². The summed E-state index contributed by atoms with van der Waals surface area (Å²) in [7, 11) is 0. The molecule has 0 aliphatic heterocycles. The van der Waals surface area contributed by atoms with Gasteiger partial charge >= 0.3 is 5.97 Å². The van der Waals surface area contributed by atoms with E-state index in [4.69, 9.17) is 9.84 Å². The number of hydrogen-bond donors (Lipinski definition) is 1. The Bertz CT molecular complexity index is 446. The molecule has 1 aromatic carbocycles. The summed E-state index contributed by atoms with van der Waals surface area (Å²) in [5, 5.41) is 8.70. The van der Waals surface area contributed by atoms with Crippen LogP contribution in [0.25, 0.3) is 0 Å². The predicted molar refractivity (Wildman–Crippen MR) is 91.5 cm³/mol. The van der Waals surface area contributed by atoms with Crippen molar-refractivity contribution in [3.8, 4) is 5.75 Å². The zero-order chi connectivity index (χ0) is 13.0. The van der Waals surface area contributed by atoms with Crippen molar-refractivity contribution in [3.63, 3.8) is 0 Å². The highest BCUT2D eigenvalue weighted by atomic mass is 127. The van der Waals surface area contributed by atoms with Crippen LogP contribution in [0.2, 0.25) is 0 Å². The number of carboxylic acid groups (broad SMARTS) is 1. The van der Waals surface area contributed by atoms with Gasteiger partial charge in [0.25, 0.3) is 0 Å². The zero-order valence-electron chi connectivity index (χ0n) is 8.84. The second kappa shape index (κ2) is 7.12. The van der Waals surface area contributed by atoms with Crippen LogP contribution in [0, 0.1) is 10.7 Å². The van der Waals surface area contributed by atoms with Gasteiger partial charge in [-0.25, -0.2) is 4.79 Å². The van der Waals surface area contributed by atoms with Crippen LogP contribution in [0.1, 0.15) is 6.92 Å². The summed E-state index contributed by atoms with van der Waals surface area (Å²) >= 11 is 6.67. The van der Waals surface area contributed by atoms with Crippen molar-refractivity contribution >= 4 is 73.7 Å². The van der Waals surface area contributed by atoms with Crippen molar-refractivity contribution in [1.82, 2.24) is 0 Å². The molecule has 0 spiro atoms. The van der Waals surface area contributed by atoms with E-state index in [9.17, 15) is 4.79 Å². The number of hydrogen-bond acceptors (Lipinski definition) is 2. The second-order valence-electron chi connectivity index (χ2n) is 3.20. The smallest absolute Gasteiger partial charge is 0.331 e. The lowest BCUT2D eigenvalue weighted by atomic mass is 10.3. The molecule has 1 rings (SSSR count). The van der Waals surface area contributed by atoms with Crippen LogP contribution in [0.5, 0.6) is 5.75 Å². The highest BCUT2D eigenvalue weighted by Crippen LogP contribution is 2.29. The van der Waals surface area contributed by atoms with E-state index in [1.165, 1.54) is 0 Å². The molecule has 92 valence electrons. The van der Waals surface area contributed by atoms with Gasteiger partial charge in [0.15, 0.2) is 0 Å². The fraction of sp³-hybridized carbons (Fsp3) is 0.182. The summed E-state index contributed by atoms with van der Waals surface area (Å²) in [6, 6.07) is 4.04. The number of halogens is 3. The van der Waals surface area contributed by atoms with Crippen LogP contribution in [-0.2, 0) is 4.79 Å². The molecule has 1 aromatic rings. The SMILES string of the molecule is CC(=CCOc1c(I)cc(I)cc1I)C(=O)O. The van der Waals surface area contributed by atoms with Gasteiger partial charge in [-0.1, -0.05) is 0 Å². The molecule has 0 atom stereocenters. The van der Waals surface area contributed by atoms with E-state index in [1.807, 2.05) is 12.1 Å². The maximum atomic E-state index is 10.6. The van der Waals surface area contributed by atoms with Crippen LogP contribution in [0.4, 0.5) is 0 Å². The molecule has 0 amide bonds. The Balaban J connectivity index is 2.77. The lowest BCUT2D eigenvalue weighted by Gasteiger charge is -2.09. The molecule has 0 heterocycles. The van der Waals surface area contributed by atoms with E-state index in [0.717, 1.165) is 16.5 Å². The molecular weight excluding hydrogens is 561 g/mol. The first kappa shape index (κ1) is 15.5. The molecule has 3 nitrogen and oxygen atoms in total. The van der Waals surface area contributed by atoms with Gasteiger partial charge < -0.3 is 9.84 Å². The Hall–Kier alpha value is 0.420. The lowest BCUT2D eigenvalue weighted by molar-refractivity contribution is -0.132. The molecule has 0 saturated heterocycles. The number of aliphatic carboxylic acids is 1. The van der Waals surface area contributed by atoms with Gasteiger partial charge in [0.05, 0.1) is 7.14 Å². The van der Waals surface area contributed by atoms with Crippen LogP contribution in [-0.4, -0.2) is 17.7 Å². The van der Waals surface area contributed by atoms with Crippen LogP contribution < -0.4 is 4.74 Å². The maximum Gasteiger partial charge on any atom is 0.331 e. The number of ether oxygens (including phenoxy) is 1. The minimum atomic E-state index is -0.916. The van der Waals surface area contributed by atoms with Crippen LogP contribution in [0.15, 0.2) is 23.8 Å². The third kappa shape index (κ3) is 4.89. The average Bonchev–Trinajstić information content (AvgIpc) is 2.21. The predicted octanol–water partition coefficient (Wildman–Crippen LogP) is 3.91. The molecular formula is C11H9I3O3. The maximum absolute atomic E-state index is 10.6. The Labute approximate surface area is 140 Å². The third-order valence-electron chi connectivity index (χ3n) is 1.92. The van der Waals surface area contributed by atoms with Gasteiger partial charge in [-0.3, -0.25) is 0 Å². The van der Waals surface area contributed by atoms with Crippen molar-refractivity contribution in [1.29, 1.82) is 0 Å². The monoisotopic (exact) mass is 570 g/mol. The van der Waals surface area contributed by atoms with Crippen LogP contribution in [0.3, 0.4) is 0 Å². The van der Waals surface area contributed by atoms with Crippen molar-refractivity contribution < 1.29 is 14.6 Å². The van der Waals surface area contributed by atoms with Crippen LogP contribution >= 0.6 is 67.8 Å². The zero-order valence-corrected chi connectivity index (χ0v) is 15.3. The highest BCUT2D eigenvalue weighted by Gasteiger charge is 2.07. The second-order valence-corrected chi connectivity index (χ2v) is 6.77. The molecule has 0 aliphatic carbocycles. The number of benzene rings is 1. The summed E-state index contributed by atoms with van der Waals surface area (Å²) in [6.07, 6.45) is 1.56. The van der Waals surface area contributed by atoms with E-state index < -0.39 is 5.97 Å². The van der Waals surface area contributed by atoms with E-state index in [-0.39, 0.29) is 6.61 Å². The molecule has 0 aliphatic rings. The highest BCUT2D eigenvalue weighted by molar-refractivity contribution is 14.1. The van der Waals surface area contributed by atoms with Crippen molar-refractivity contribution in [2.75, 3.05) is 6.61 Å². The molecule has 1 N–H and O–H groups in total. The normalized spacial score (nSPS) is 11.4. The summed E-state index contributed by atoms with van der Waals surface area (Å²) in [5.74, 6) is -0.110. The standard InChI is InChI=1S/C11H9I3O3/c1-6(11(15)16)2-3-17-10-8(13)4-7(12)5-9(10)14/h2,4-5H,3H2,1H3,(H,15,16). The van der Waals surface area contributed by atoms with Crippen molar-refractivity contribution in [3.05, 3.63) is 34.5 Å². The number of carboxylic acids is 1. The first-order valence-electron chi connectivity index (χ1n) is 4.59. The van der Waals surface area contributed by atoms with E-state index in [0.29, 0.717) is 5.57 Å². The summed E-state index contributed by atoms with van der Waals surface area (Å²) in [4.78, 5) is 10.6. The quantitative estimate of drug-likeness (QED) is 0.442. The fourth-order valence-electron chi connectivity index (χ4n) is 1.00. The first-order valence-corrected chi connectivity index (χ1v) is 7.83. The van der Waals surface area contributed by atoms with Gasteiger partial charge in [-0.05, 0) is 92.9 Å². The summed E-state index contributed by atoms with van der Waals surface area (Å²) < 4.78 is 8.80. The molecule has 0 fully saturated rings. The van der Waals surface area contributed by atoms with Gasteiger partial charge in [-0.15, -0.1) is 0 Å². The minimum Gasteiger partial charge on any atom is -0.487 e. The topological polar surface area (TPSA) is 46.5 Å². The summed E-state index contributed by atoms with van der Waals surface area (Å²) in [5.41, 5.74) is 0.292. The van der Waals surface area contributed by atoms with Gasteiger partial charge in [-0.2, -0.15) is 0 Å². The first-order chi connectivity index (χ1) is 7.91. The fourth-order valence-corrected chi connectivity index (χ4v) is 4.90. The molecule has 6 heteroatoms. The molecule has 0 aromatic heterocycles. The van der Waals surface area contributed by atoms with E-state index >= 15 is 0 Å². The largest absolute Gasteiger partial charge is 0.487 e. The Morgan fingerprint density at radius 3 is 2.35 bits per heavy atom. The van der Waals surface area contributed by atoms with Gasteiger partial charge in [0.1, 0.15) is 12.4 Å². The Kier molecular flexibility index (Phi) is 6.48. The Morgan fingerprint density at radius 2 is 1.88 bits per heavy atom. The third-order valence-corrected chi connectivity index (χ3v) is 4.14. The van der Waals surface area contributed by atoms with E-state index in [2.05, 4.69) is 67.8 Å². The number of carbonyl (C=O) groups is 1. The molecule has 17 heavy (non-hydrogen) atoms. The molecule has 0 unspecified atom stereocenters. The molecule has 0 saturated carbocycles. The lowest BCUT2D eigenvalue weighted by Crippen LogP contribution is -2.02. The molecule has 0 bridgehead atoms.